The van der Waals surface area contributed by atoms with E-state index in [2.05, 4.69) is 16.0 Å². The van der Waals surface area contributed by atoms with Crippen molar-refractivity contribution in [1.82, 2.24) is 9.88 Å². The van der Waals surface area contributed by atoms with E-state index in [1.165, 1.54) is 6.42 Å². The molecule has 3 nitrogen and oxygen atoms in total. The van der Waals surface area contributed by atoms with Crippen LogP contribution in [-0.4, -0.2) is 34.2 Å². The van der Waals surface area contributed by atoms with Gasteiger partial charge in [0.1, 0.15) is 0 Å². The molecule has 16 heavy (non-hydrogen) atoms. The Morgan fingerprint density at radius 3 is 3.25 bits per heavy atom. The number of hydrogen-bond donors (Lipinski definition) is 1. The van der Waals surface area contributed by atoms with Gasteiger partial charge >= 0.3 is 0 Å². The first-order valence-corrected chi connectivity index (χ1v) is 5.87. The number of fused-ring (bicyclic) bond motifs is 2. The van der Waals surface area contributed by atoms with E-state index < -0.39 is 0 Å². The van der Waals surface area contributed by atoms with Crippen molar-refractivity contribution in [3.63, 3.8) is 0 Å². The molecule has 0 saturated carbocycles. The molecule has 3 rings (SSSR count). The van der Waals surface area contributed by atoms with Crippen molar-refractivity contribution >= 4 is 6.08 Å². The summed E-state index contributed by atoms with van der Waals surface area (Å²) in [7, 11) is 0. The van der Waals surface area contributed by atoms with Crippen LogP contribution in [0.15, 0.2) is 30.2 Å². The largest absolute Gasteiger partial charge is 0.387 e. The third-order valence-corrected chi connectivity index (χ3v) is 3.55. The molecule has 0 spiro atoms. The van der Waals surface area contributed by atoms with Crippen LogP contribution in [0.4, 0.5) is 0 Å². The summed E-state index contributed by atoms with van der Waals surface area (Å²) in [5.74, 6) is 0.695. The Morgan fingerprint density at radius 2 is 2.44 bits per heavy atom. The molecule has 2 aliphatic rings. The second-order valence-corrected chi connectivity index (χ2v) is 4.71. The zero-order valence-electron chi connectivity index (χ0n) is 9.21. The Hall–Kier alpha value is -1.35. The lowest BCUT2D eigenvalue weighted by molar-refractivity contribution is 0.125. The highest BCUT2D eigenvalue weighted by molar-refractivity contribution is 5.52. The molecule has 2 bridgehead atoms. The lowest BCUT2D eigenvalue weighted by atomic mass is 9.96. The second kappa shape index (κ2) is 3.91. The van der Waals surface area contributed by atoms with Gasteiger partial charge in [-0.25, -0.2) is 0 Å². The van der Waals surface area contributed by atoms with Crippen molar-refractivity contribution in [1.29, 1.82) is 0 Å². The number of nitrogens with zero attached hydrogens (tertiary/aromatic N) is 2. The van der Waals surface area contributed by atoms with E-state index in [0.29, 0.717) is 5.92 Å². The molecule has 2 fully saturated rings. The van der Waals surface area contributed by atoms with Gasteiger partial charge in [0.25, 0.3) is 0 Å². The van der Waals surface area contributed by atoms with Crippen molar-refractivity contribution in [2.24, 2.45) is 5.92 Å². The normalized spacial score (nSPS) is 31.1. The average Bonchev–Trinajstić information content (AvgIpc) is 2.70. The highest BCUT2D eigenvalue weighted by Gasteiger charge is 2.34. The van der Waals surface area contributed by atoms with E-state index in [-0.39, 0.29) is 6.10 Å². The number of aromatic nitrogens is 1. The van der Waals surface area contributed by atoms with Crippen molar-refractivity contribution < 1.29 is 5.11 Å². The molecule has 1 aromatic rings. The number of aliphatic hydroxyl groups is 1. The van der Waals surface area contributed by atoms with E-state index in [1.807, 2.05) is 18.3 Å². The summed E-state index contributed by atoms with van der Waals surface area (Å²) in [5.41, 5.74) is 2.14. The summed E-state index contributed by atoms with van der Waals surface area (Å²) in [6.45, 7) is 2.21. The van der Waals surface area contributed by atoms with Gasteiger partial charge in [-0.1, -0.05) is 6.07 Å². The predicted octanol–water partition coefficient (Wildman–Crippen LogP) is 1.51. The summed E-state index contributed by atoms with van der Waals surface area (Å²) in [6.07, 6.45) is 7.53. The minimum atomic E-state index is -0.290. The Balaban J connectivity index is 1.90. The van der Waals surface area contributed by atoms with Gasteiger partial charge < -0.3 is 10.0 Å². The molecule has 3 heteroatoms. The van der Waals surface area contributed by atoms with Crippen molar-refractivity contribution in [2.45, 2.75) is 18.9 Å². The fourth-order valence-electron chi connectivity index (χ4n) is 2.73. The third kappa shape index (κ3) is 1.71. The maximum absolute atomic E-state index is 10.1. The number of aliphatic hydroxyl groups excluding tert-OH is 1. The quantitative estimate of drug-likeness (QED) is 0.773. The topological polar surface area (TPSA) is 36.4 Å². The molecule has 0 amide bonds. The lowest BCUT2D eigenvalue weighted by Crippen LogP contribution is -2.34. The Kier molecular flexibility index (Phi) is 2.40. The highest BCUT2D eigenvalue weighted by Crippen LogP contribution is 2.34. The van der Waals surface area contributed by atoms with E-state index >= 15 is 0 Å². The van der Waals surface area contributed by atoms with Crippen molar-refractivity contribution in [2.75, 3.05) is 13.1 Å². The van der Waals surface area contributed by atoms with Crippen LogP contribution in [0.25, 0.3) is 6.08 Å². The van der Waals surface area contributed by atoms with Gasteiger partial charge in [-0.15, -0.1) is 0 Å². The molecule has 1 N–H and O–H groups in total. The van der Waals surface area contributed by atoms with Gasteiger partial charge in [0.15, 0.2) is 0 Å². The maximum Gasteiger partial charge on any atom is 0.0939 e. The molecule has 0 aromatic carbocycles. The SMILES string of the molecule is OC1CC2CCN(C2)C1=Cc1cccnc1. The predicted molar refractivity (Wildman–Crippen MR) is 62.5 cm³/mol. The van der Waals surface area contributed by atoms with Crippen LogP contribution in [-0.2, 0) is 0 Å². The van der Waals surface area contributed by atoms with Crippen LogP contribution < -0.4 is 0 Å². The highest BCUT2D eigenvalue weighted by atomic mass is 16.3. The molecule has 0 aliphatic carbocycles. The van der Waals surface area contributed by atoms with Gasteiger partial charge in [0.2, 0.25) is 0 Å². The summed E-state index contributed by atoms with van der Waals surface area (Å²) in [6, 6.07) is 3.95. The van der Waals surface area contributed by atoms with Gasteiger partial charge in [-0.2, -0.15) is 0 Å². The molecule has 1 aromatic heterocycles. The number of piperidine rings is 1. The summed E-state index contributed by atoms with van der Waals surface area (Å²) < 4.78 is 0. The third-order valence-electron chi connectivity index (χ3n) is 3.55. The van der Waals surface area contributed by atoms with Crippen molar-refractivity contribution in [3.8, 4) is 0 Å². The van der Waals surface area contributed by atoms with Gasteiger partial charge in [-0.05, 0) is 36.5 Å². The van der Waals surface area contributed by atoms with Crippen LogP contribution in [0.1, 0.15) is 18.4 Å². The maximum atomic E-state index is 10.1. The smallest absolute Gasteiger partial charge is 0.0939 e. The minimum absolute atomic E-state index is 0.290. The fourth-order valence-corrected chi connectivity index (χ4v) is 2.73. The lowest BCUT2D eigenvalue weighted by Gasteiger charge is -2.31. The Morgan fingerprint density at radius 1 is 1.50 bits per heavy atom. The van der Waals surface area contributed by atoms with Gasteiger partial charge in [-0.3, -0.25) is 4.98 Å². The molecular weight excluding hydrogens is 200 g/mol. The first-order chi connectivity index (χ1) is 7.83. The van der Waals surface area contributed by atoms with Crippen LogP contribution in [0.5, 0.6) is 0 Å². The van der Waals surface area contributed by atoms with Crippen LogP contribution in [0, 0.1) is 5.92 Å². The molecule has 2 aliphatic heterocycles. The van der Waals surface area contributed by atoms with E-state index in [1.54, 1.807) is 6.20 Å². The van der Waals surface area contributed by atoms with Crippen LogP contribution in [0.3, 0.4) is 0 Å². The molecule has 84 valence electrons. The molecule has 2 saturated heterocycles. The molecular formula is C13H16N2O. The molecule has 3 heterocycles. The second-order valence-electron chi connectivity index (χ2n) is 4.71. The zero-order valence-corrected chi connectivity index (χ0v) is 9.21. The molecule has 2 unspecified atom stereocenters. The fraction of sp³-hybridized carbons (Fsp3) is 0.462. The number of pyridine rings is 1. The molecule has 0 radical (unpaired) electrons. The first-order valence-electron chi connectivity index (χ1n) is 5.87. The van der Waals surface area contributed by atoms with E-state index in [4.69, 9.17) is 0 Å². The summed E-state index contributed by atoms with van der Waals surface area (Å²) >= 11 is 0. The van der Waals surface area contributed by atoms with Crippen LogP contribution >= 0.6 is 0 Å². The zero-order chi connectivity index (χ0) is 11.0. The van der Waals surface area contributed by atoms with Gasteiger partial charge in [0, 0.05) is 31.2 Å². The van der Waals surface area contributed by atoms with E-state index in [0.717, 1.165) is 30.8 Å². The minimum Gasteiger partial charge on any atom is -0.387 e. The number of rotatable bonds is 1. The standard InChI is InChI=1S/C13H16N2O/c16-13-7-11-3-5-15(9-11)12(13)6-10-2-1-4-14-8-10/h1-2,4,6,8,11,13,16H,3,5,7,9H2. The average molecular weight is 216 g/mol. The Bertz CT molecular complexity index is 402. The summed E-state index contributed by atoms with van der Waals surface area (Å²) in [4.78, 5) is 6.40. The molecule has 2 atom stereocenters. The van der Waals surface area contributed by atoms with Crippen LogP contribution in [0.2, 0.25) is 0 Å². The van der Waals surface area contributed by atoms with Crippen molar-refractivity contribution in [3.05, 3.63) is 35.8 Å². The number of hydrogen-bond acceptors (Lipinski definition) is 3. The van der Waals surface area contributed by atoms with E-state index in [9.17, 15) is 5.11 Å². The summed E-state index contributed by atoms with van der Waals surface area (Å²) in [5, 5.41) is 10.1. The monoisotopic (exact) mass is 216 g/mol. The Labute approximate surface area is 95.4 Å². The first kappa shape index (κ1) is 9.85. The van der Waals surface area contributed by atoms with Gasteiger partial charge in [0.05, 0.1) is 6.10 Å².